The molecule has 0 bridgehead atoms. The zero-order valence-corrected chi connectivity index (χ0v) is 30.3. The van der Waals surface area contributed by atoms with E-state index < -0.39 is 18.2 Å². The van der Waals surface area contributed by atoms with Crippen molar-refractivity contribution in [2.24, 2.45) is 0 Å². The summed E-state index contributed by atoms with van der Waals surface area (Å²) in [6.45, 7) is 4.14. The van der Waals surface area contributed by atoms with Gasteiger partial charge in [0.25, 0.3) is 0 Å². The molecule has 0 aromatic carbocycles. The minimum absolute atomic E-state index is 0.153. The maximum Gasteiger partial charge on any atom is 0.220 e. The summed E-state index contributed by atoms with van der Waals surface area (Å²) < 4.78 is 0. The Morgan fingerprint density at radius 3 is 1.29 bits per heavy atom. The molecule has 0 aliphatic heterocycles. The third kappa shape index (κ3) is 31.5. The van der Waals surface area contributed by atoms with Gasteiger partial charge in [0.1, 0.15) is 6.10 Å². The molecule has 1 amide bonds. The van der Waals surface area contributed by atoms with Crippen molar-refractivity contribution < 1.29 is 20.1 Å². The molecule has 45 heavy (non-hydrogen) atoms. The van der Waals surface area contributed by atoms with Gasteiger partial charge in [0, 0.05) is 6.42 Å². The van der Waals surface area contributed by atoms with Crippen LogP contribution in [0.2, 0.25) is 0 Å². The number of allylic oxidation sites excluding steroid dienone is 2. The van der Waals surface area contributed by atoms with Crippen molar-refractivity contribution in [2.75, 3.05) is 6.61 Å². The van der Waals surface area contributed by atoms with Crippen LogP contribution in [0.15, 0.2) is 12.2 Å². The third-order valence-electron chi connectivity index (χ3n) is 9.37. The molecule has 0 aromatic rings. The van der Waals surface area contributed by atoms with Gasteiger partial charge in [-0.3, -0.25) is 4.79 Å². The summed E-state index contributed by atoms with van der Waals surface area (Å²) in [5.41, 5.74) is 0. The molecule has 0 aliphatic carbocycles. The van der Waals surface area contributed by atoms with E-state index in [0.717, 1.165) is 38.5 Å². The highest BCUT2D eigenvalue weighted by atomic mass is 16.3. The summed E-state index contributed by atoms with van der Waals surface area (Å²) in [6.07, 6.45) is 40.4. The molecule has 5 nitrogen and oxygen atoms in total. The van der Waals surface area contributed by atoms with Crippen molar-refractivity contribution in [1.29, 1.82) is 0 Å². The quantitative estimate of drug-likeness (QED) is 0.0406. The molecule has 0 aromatic heterocycles. The molecule has 0 heterocycles. The molecule has 0 spiro atoms. The molecule has 4 N–H and O–H groups in total. The van der Waals surface area contributed by atoms with Crippen LogP contribution in [0.25, 0.3) is 0 Å². The molecule has 268 valence electrons. The minimum atomic E-state index is -1.15. The van der Waals surface area contributed by atoms with E-state index in [1.54, 1.807) is 0 Å². The number of carbonyl (C=O) groups excluding carboxylic acids is 1. The predicted molar refractivity (Wildman–Crippen MR) is 195 cm³/mol. The predicted octanol–water partition coefficient (Wildman–Crippen LogP) is 10.9. The number of unbranched alkanes of at least 4 members (excludes halogenated alkanes) is 26. The number of aliphatic hydroxyl groups is 3. The van der Waals surface area contributed by atoms with Crippen LogP contribution in [0.1, 0.15) is 213 Å². The van der Waals surface area contributed by atoms with E-state index in [-0.39, 0.29) is 12.5 Å². The molecular weight excluding hydrogens is 558 g/mol. The van der Waals surface area contributed by atoms with Gasteiger partial charge in [-0.05, 0) is 38.5 Å². The fourth-order valence-electron chi connectivity index (χ4n) is 6.22. The van der Waals surface area contributed by atoms with E-state index in [1.807, 2.05) is 0 Å². The van der Waals surface area contributed by atoms with Gasteiger partial charge in [-0.25, -0.2) is 0 Å². The second-order valence-electron chi connectivity index (χ2n) is 13.8. The number of rotatable bonds is 36. The lowest BCUT2D eigenvalue weighted by molar-refractivity contribution is -0.124. The number of amides is 1. The zero-order chi connectivity index (χ0) is 33.1. The number of hydrogen-bond acceptors (Lipinski definition) is 4. The van der Waals surface area contributed by atoms with Crippen LogP contribution >= 0.6 is 0 Å². The van der Waals surface area contributed by atoms with Gasteiger partial charge in [-0.1, -0.05) is 180 Å². The van der Waals surface area contributed by atoms with Gasteiger partial charge in [0.15, 0.2) is 0 Å². The normalized spacial score (nSPS) is 13.8. The van der Waals surface area contributed by atoms with Crippen molar-refractivity contribution in [3.05, 3.63) is 12.2 Å². The van der Waals surface area contributed by atoms with Crippen LogP contribution in [-0.4, -0.2) is 46.1 Å². The van der Waals surface area contributed by atoms with Crippen molar-refractivity contribution in [2.45, 2.75) is 231 Å². The van der Waals surface area contributed by atoms with Crippen LogP contribution in [-0.2, 0) is 4.79 Å². The van der Waals surface area contributed by atoms with Crippen molar-refractivity contribution >= 4 is 5.91 Å². The minimum Gasteiger partial charge on any atom is -0.394 e. The Morgan fingerprint density at radius 2 is 0.889 bits per heavy atom. The van der Waals surface area contributed by atoms with Gasteiger partial charge in [0.05, 0.1) is 18.8 Å². The third-order valence-corrected chi connectivity index (χ3v) is 9.37. The summed E-state index contributed by atoms with van der Waals surface area (Å²) in [5.74, 6) is -0.153. The number of carbonyl (C=O) groups is 1. The standard InChI is InChI=1S/C40H79NO4/c1-3-5-7-9-11-13-15-16-17-18-19-20-21-22-23-24-25-27-29-31-33-35-39(44)41-37(36-42)40(45)38(43)34-32-30-28-26-14-12-10-8-6-4-2/h26,28,37-38,40,42-43,45H,3-25,27,29-36H2,1-2H3,(H,41,44)/b28-26+. The highest BCUT2D eigenvalue weighted by Crippen LogP contribution is 2.16. The summed E-state index contributed by atoms with van der Waals surface area (Å²) in [7, 11) is 0. The maximum absolute atomic E-state index is 12.4. The van der Waals surface area contributed by atoms with Crippen LogP contribution in [0.4, 0.5) is 0 Å². The monoisotopic (exact) mass is 638 g/mol. The SMILES string of the molecule is CCCCCCC/C=C/CCCC(O)C(O)C(CO)NC(=O)CCCCCCCCCCCCCCCCCCCCCCC. The Balaban J connectivity index is 3.59. The Hall–Kier alpha value is -0.910. The van der Waals surface area contributed by atoms with Gasteiger partial charge >= 0.3 is 0 Å². The van der Waals surface area contributed by atoms with Crippen LogP contribution in [0, 0.1) is 0 Å². The Labute approximate surface area is 280 Å². The Morgan fingerprint density at radius 1 is 0.533 bits per heavy atom. The molecule has 5 heteroatoms. The van der Waals surface area contributed by atoms with E-state index in [0.29, 0.717) is 12.8 Å². The second kappa shape index (κ2) is 35.9. The van der Waals surface area contributed by atoms with Gasteiger partial charge in [-0.15, -0.1) is 0 Å². The van der Waals surface area contributed by atoms with Crippen molar-refractivity contribution in [1.82, 2.24) is 5.32 Å². The van der Waals surface area contributed by atoms with Crippen LogP contribution in [0.3, 0.4) is 0 Å². The first-order chi connectivity index (χ1) is 22.1. The molecule has 0 aliphatic rings. The van der Waals surface area contributed by atoms with Crippen LogP contribution < -0.4 is 5.32 Å². The lowest BCUT2D eigenvalue weighted by atomic mass is 10.0. The molecule has 0 saturated carbocycles. The average molecular weight is 638 g/mol. The number of hydrogen-bond donors (Lipinski definition) is 4. The van der Waals surface area contributed by atoms with Gasteiger partial charge in [0.2, 0.25) is 5.91 Å². The fraction of sp³-hybridized carbons (Fsp3) is 0.925. The summed E-state index contributed by atoms with van der Waals surface area (Å²) in [4.78, 5) is 12.4. The van der Waals surface area contributed by atoms with E-state index >= 15 is 0 Å². The second-order valence-corrected chi connectivity index (χ2v) is 13.8. The molecule has 3 unspecified atom stereocenters. The first-order valence-corrected chi connectivity index (χ1v) is 20.0. The van der Waals surface area contributed by atoms with Gasteiger partial charge < -0.3 is 20.6 Å². The number of nitrogens with one attached hydrogen (secondary N) is 1. The highest BCUT2D eigenvalue weighted by molar-refractivity contribution is 5.76. The largest absolute Gasteiger partial charge is 0.394 e. The molecule has 3 atom stereocenters. The lowest BCUT2D eigenvalue weighted by Gasteiger charge is -2.26. The van der Waals surface area contributed by atoms with E-state index in [2.05, 4.69) is 31.3 Å². The summed E-state index contributed by atoms with van der Waals surface area (Å²) >= 11 is 0. The summed E-state index contributed by atoms with van der Waals surface area (Å²) in [6, 6.07) is -0.818. The van der Waals surface area contributed by atoms with Crippen molar-refractivity contribution in [3.63, 3.8) is 0 Å². The zero-order valence-electron chi connectivity index (χ0n) is 30.3. The smallest absolute Gasteiger partial charge is 0.220 e. The molecule has 0 fully saturated rings. The van der Waals surface area contributed by atoms with Gasteiger partial charge in [-0.2, -0.15) is 0 Å². The van der Waals surface area contributed by atoms with Crippen molar-refractivity contribution in [3.8, 4) is 0 Å². The lowest BCUT2D eigenvalue weighted by Crippen LogP contribution is -2.50. The van der Waals surface area contributed by atoms with E-state index in [4.69, 9.17) is 0 Å². The molecular formula is C40H79NO4. The Bertz CT molecular complexity index is 625. The topological polar surface area (TPSA) is 89.8 Å². The van der Waals surface area contributed by atoms with E-state index in [1.165, 1.54) is 148 Å². The first-order valence-electron chi connectivity index (χ1n) is 20.0. The number of aliphatic hydroxyl groups excluding tert-OH is 3. The highest BCUT2D eigenvalue weighted by Gasteiger charge is 2.26. The molecule has 0 saturated heterocycles. The Kier molecular flexibility index (Phi) is 35.2. The molecule has 0 radical (unpaired) electrons. The maximum atomic E-state index is 12.4. The van der Waals surface area contributed by atoms with E-state index in [9.17, 15) is 20.1 Å². The fourth-order valence-corrected chi connectivity index (χ4v) is 6.22. The first kappa shape index (κ1) is 44.1. The average Bonchev–Trinajstić information content (AvgIpc) is 3.04. The summed E-state index contributed by atoms with van der Waals surface area (Å²) in [5, 5.41) is 33.3. The van der Waals surface area contributed by atoms with Crippen LogP contribution in [0.5, 0.6) is 0 Å². The molecule has 0 rings (SSSR count).